The van der Waals surface area contributed by atoms with Crippen molar-refractivity contribution in [2.45, 2.75) is 103 Å². The number of hydrogen-bond acceptors (Lipinski definition) is 6. The van der Waals surface area contributed by atoms with Gasteiger partial charge in [-0.15, -0.1) is 13.2 Å². The highest BCUT2D eigenvalue weighted by molar-refractivity contribution is 6.05. The number of allylic oxidation sites excluding steroid dienone is 1. The standard InChI is InChI=1S/C35H50N2O6/c1-8-11-12-13-19-42-33(41)29-28-31(39)37(26(22-38)20-23(4)5)30(35(28)17-16-34(29,10-3)43-35)32(40)36(18-9-2)27-21-24(6)14-15-25(27)7/h8-9,14-15,21,23,26,28-30,38H,1-2,10-13,16-20,22H2,3-7H3/t26-,28+,29-,30?,34+,35?/m1/s1. The Kier molecular flexibility index (Phi) is 10.2. The molecule has 2 unspecified atom stereocenters. The summed E-state index contributed by atoms with van der Waals surface area (Å²) < 4.78 is 12.7. The van der Waals surface area contributed by atoms with Gasteiger partial charge in [-0.25, -0.2) is 0 Å². The number of carbonyl (C=O) groups is 3. The molecule has 2 amide bonds. The second-order valence-electron chi connectivity index (χ2n) is 13.0. The highest BCUT2D eigenvalue weighted by Crippen LogP contribution is 2.65. The van der Waals surface area contributed by atoms with E-state index in [9.17, 15) is 19.5 Å². The number of fused-ring (bicyclic) bond motifs is 1. The van der Waals surface area contributed by atoms with Gasteiger partial charge in [0, 0.05) is 12.2 Å². The monoisotopic (exact) mass is 594 g/mol. The van der Waals surface area contributed by atoms with E-state index in [1.807, 2.05) is 58.9 Å². The average molecular weight is 595 g/mol. The van der Waals surface area contributed by atoms with Crippen molar-refractivity contribution in [1.82, 2.24) is 4.90 Å². The van der Waals surface area contributed by atoms with E-state index >= 15 is 0 Å². The number of esters is 1. The topological polar surface area (TPSA) is 96.4 Å². The normalized spacial score (nSPS) is 28.2. The molecule has 236 valence electrons. The van der Waals surface area contributed by atoms with Crippen molar-refractivity contribution in [1.29, 1.82) is 0 Å². The zero-order valence-electron chi connectivity index (χ0n) is 26.6. The molecule has 2 bridgehead atoms. The Hall–Kier alpha value is -2.97. The minimum absolute atomic E-state index is 0.164. The van der Waals surface area contributed by atoms with Crippen LogP contribution in [0.5, 0.6) is 0 Å². The van der Waals surface area contributed by atoms with E-state index in [2.05, 4.69) is 13.2 Å². The smallest absolute Gasteiger partial charge is 0.312 e. The Balaban J connectivity index is 1.81. The highest BCUT2D eigenvalue weighted by atomic mass is 16.6. The maximum atomic E-state index is 14.9. The first-order valence-corrected chi connectivity index (χ1v) is 15.9. The number of ether oxygens (including phenoxy) is 2. The van der Waals surface area contributed by atoms with Crippen molar-refractivity contribution in [3.05, 3.63) is 54.6 Å². The van der Waals surface area contributed by atoms with Gasteiger partial charge >= 0.3 is 5.97 Å². The number of amides is 2. The molecule has 8 heteroatoms. The summed E-state index contributed by atoms with van der Waals surface area (Å²) in [6.45, 7) is 17.8. The van der Waals surface area contributed by atoms with Gasteiger partial charge in [0.15, 0.2) is 0 Å². The number of hydrogen-bond donors (Lipinski definition) is 1. The van der Waals surface area contributed by atoms with Crippen molar-refractivity contribution in [2.24, 2.45) is 17.8 Å². The molecule has 1 aromatic rings. The zero-order chi connectivity index (χ0) is 31.5. The maximum absolute atomic E-state index is 14.9. The summed E-state index contributed by atoms with van der Waals surface area (Å²) in [7, 11) is 0. The lowest BCUT2D eigenvalue weighted by Gasteiger charge is -2.40. The molecule has 6 atom stereocenters. The Morgan fingerprint density at radius 3 is 2.58 bits per heavy atom. The summed E-state index contributed by atoms with van der Waals surface area (Å²) in [6, 6.07) is 4.35. The van der Waals surface area contributed by atoms with Crippen molar-refractivity contribution in [3.63, 3.8) is 0 Å². The summed E-state index contributed by atoms with van der Waals surface area (Å²) in [4.78, 5) is 46.6. The predicted molar refractivity (Wildman–Crippen MR) is 167 cm³/mol. The fourth-order valence-corrected chi connectivity index (χ4v) is 7.75. The van der Waals surface area contributed by atoms with Crippen molar-refractivity contribution in [3.8, 4) is 0 Å². The first-order chi connectivity index (χ1) is 20.5. The Bertz CT molecular complexity index is 1230. The Labute approximate surface area is 257 Å². The summed E-state index contributed by atoms with van der Waals surface area (Å²) in [5.41, 5.74) is 0.599. The summed E-state index contributed by atoms with van der Waals surface area (Å²) >= 11 is 0. The molecular weight excluding hydrogens is 544 g/mol. The van der Waals surface area contributed by atoms with Gasteiger partial charge in [0.2, 0.25) is 5.91 Å². The molecule has 3 aliphatic heterocycles. The lowest BCUT2D eigenvalue weighted by Crippen LogP contribution is -2.59. The second-order valence-corrected chi connectivity index (χ2v) is 13.0. The van der Waals surface area contributed by atoms with Crippen LogP contribution in [-0.2, 0) is 23.9 Å². The minimum atomic E-state index is -1.20. The van der Waals surface area contributed by atoms with Gasteiger partial charge in [0.05, 0.1) is 30.8 Å². The predicted octanol–water partition coefficient (Wildman–Crippen LogP) is 5.28. The zero-order valence-corrected chi connectivity index (χ0v) is 26.6. The summed E-state index contributed by atoms with van der Waals surface area (Å²) in [6.07, 6.45) is 7.99. The van der Waals surface area contributed by atoms with Gasteiger partial charge in [-0.05, 0) is 81.9 Å². The number of rotatable bonds is 15. The molecule has 0 radical (unpaired) electrons. The summed E-state index contributed by atoms with van der Waals surface area (Å²) in [5.74, 6) is -2.53. The fraction of sp³-hybridized carbons (Fsp3) is 0.629. The van der Waals surface area contributed by atoms with Crippen LogP contribution in [0.1, 0.15) is 76.8 Å². The van der Waals surface area contributed by atoms with Gasteiger partial charge in [-0.3, -0.25) is 14.4 Å². The molecule has 3 heterocycles. The molecule has 1 aromatic carbocycles. The van der Waals surface area contributed by atoms with Crippen molar-refractivity contribution in [2.75, 3.05) is 24.7 Å². The van der Waals surface area contributed by atoms with Crippen LogP contribution in [0.15, 0.2) is 43.5 Å². The minimum Gasteiger partial charge on any atom is -0.465 e. The Morgan fingerprint density at radius 1 is 1.21 bits per heavy atom. The SMILES string of the molecule is C=CCCCCOC(=O)[C@H]1[C@H]2C(=O)N([C@@H](CO)CC(C)C)C(C(=O)N(CC=C)c3cc(C)ccc3C)C23CC[C@]1(CC)O3. The molecule has 0 saturated carbocycles. The van der Waals surface area contributed by atoms with Gasteiger partial charge in [-0.1, -0.05) is 45.1 Å². The average Bonchev–Trinajstić information content (AvgIpc) is 3.59. The van der Waals surface area contributed by atoms with Crippen LogP contribution in [0.3, 0.4) is 0 Å². The van der Waals surface area contributed by atoms with E-state index in [4.69, 9.17) is 9.47 Å². The lowest BCUT2D eigenvalue weighted by molar-refractivity contribution is -0.162. The van der Waals surface area contributed by atoms with Crippen LogP contribution < -0.4 is 4.90 Å². The molecule has 1 N–H and O–H groups in total. The number of benzene rings is 1. The maximum Gasteiger partial charge on any atom is 0.312 e. The lowest BCUT2D eigenvalue weighted by atomic mass is 9.65. The van der Waals surface area contributed by atoms with E-state index in [1.165, 1.54) is 0 Å². The number of unbranched alkanes of at least 4 members (excludes halogenated alkanes) is 2. The van der Waals surface area contributed by atoms with Gasteiger partial charge < -0.3 is 24.4 Å². The van der Waals surface area contributed by atoms with Gasteiger partial charge in [0.1, 0.15) is 17.6 Å². The van der Waals surface area contributed by atoms with Crippen LogP contribution in [-0.4, -0.2) is 70.8 Å². The molecule has 3 fully saturated rings. The van der Waals surface area contributed by atoms with Crippen LogP contribution in [0.25, 0.3) is 0 Å². The third kappa shape index (κ3) is 5.80. The highest BCUT2D eigenvalue weighted by Gasteiger charge is 2.79. The number of nitrogens with zero attached hydrogens (tertiary/aromatic N) is 2. The van der Waals surface area contributed by atoms with E-state index in [0.717, 1.165) is 29.7 Å². The van der Waals surface area contributed by atoms with Gasteiger partial charge in [-0.2, -0.15) is 0 Å². The quantitative estimate of drug-likeness (QED) is 0.169. The van der Waals surface area contributed by atoms with Crippen LogP contribution in [0.4, 0.5) is 5.69 Å². The molecular formula is C35H50N2O6. The molecule has 0 aliphatic carbocycles. The third-order valence-corrected chi connectivity index (χ3v) is 9.73. The second kappa shape index (κ2) is 13.3. The van der Waals surface area contributed by atoms with E-state index in [0.29, 0.717) is 32.1 Å². The van der Waals surface area contributed by atoms with Gasteiger partial charge in [0.25, 0.3) is 5.91 Å². The first kappa shape index (κ1) is 32.9. The number of carbonyl (C=O) groups excluding carboxylic acids is 3. The number of aliphatic hydroxyl groups excluding tert-OH is 1. The number of aliphatic hydroxyl groups is 1. The number of anilines is 1. The Morgan fingerprint density at radius 2 is 1.95 bits per heavy atom. The molecule has 4 rings (SSSR count). The van der Waals surface area contributed by atoms with Crippen molar-refractivity contribution < 1.29 is 29.0 Å². The number of aryl methyl sites for hydroxylation is 2. The molecule has 0 aromatic heterocycles. The van der Waals surface area contributed by atoms with E-state index in [1.54, 1.807) is 15.9 Å². The molecule has 43 heavy (non-hydrogen) atoms. The molecule has 3 saturated heterocycles. The molecule has 1 spiro atoms. The first-order valence-electron chi connectivity index (χ1n) is 15.9. The largest absolute Gasteiger partial charge is 0.465 e. The third-order valence-electron chi connectivity index (χ3n) is 9.73. The van der Waals surface area contributed by atoms with Crippen LogP contribution >= 0.6 is 0 Å². The molecule has 8 nitrogen and oxygen atoms in total. The summed E-state index contributed by atoms with van der Waals surface area (Å²) in [5, 5.41) is 10.6. The van der Waals surface area contributed by atoms with Crippen LogP contribution in [0.2, 0.25) is 0 Å². The fourth-order valence-electron chi connectivity index (χ4n) is 7.75. The van der Waals surface area contributed by atoms with Crippen LogP contribution in [0, 0.1) is 31.6 Å². The van der Waals surface area contributed by atoms with Crippen molar-refractivity contribution >= 4 is 23.5 Å². The van der Waals surface area contributed by atoms with E-state index < -0.39 is 41.1 Å². The van der Waals surface area contributed by atoms with E-state index in [-0.39, 0.29) is 37.5 Å². The molecule has 3 aliphatic rings. The number of likely N-dealkylation sites (tertiary alicyclic amines) is 1.